The van der Waals surface area contributed by atoms with Gasteiger partial charge in [-0.3, -0.25) is 4.98 Å². The van der Waals surface area contributed by atoms with Crippen LogP contribution in [0.4, 0.5) is 0 Å². The van der Waals surface area contributed by atoms with Crippen LogP contribution < -0.4 is 0 Å². The molecule has 2 heteroatoms. The Morgan fingerprint density at radius 3 is 3.00 bits per heavy atom. The fourth-order valence-corrected chi connectivity index (χ4v) is 1.03. The van der Waals surface area contributed by atoms with Crippen molar-refractivity contribution in [1.29, 1.82) is 0 Å². The van der Waals surface area contributed by atoms with Gasteiger partial charge in [0.1, 0.15) is 0 Å². The van der Waals surface area contributed by atoms with Crippen LogP contribution in [0.3, 0.4) is 0 Å². The summed E-state index contributed by atoms with van der Waals surface area (Å²) in [4.78, 5) is 3.90. The predicted molar refractivity (Wildman–Crippen MR) is 46.8 cm³/mol. The Labute approximate surface area is 72.4 Å². The lowest BCUT2D eigenvalue weighted by atomic mass is 10.0. The molecule has 1 radical (unpaired) electrons. The van der Waals surface area contributed by atoms with Crippen LogP contribution >= 0.6 is 11.6 Å². The monoisotopic (exact) mass is 168 g/mol. The zero-order valence-corrected chi connectivity index (χ0v) is 7.52. The highest BCUT2D eigenvalue weighted by atomic mass is 35.5. The molecule has 0 saturated carbocycles. The number of hydrogen-bond donors (Lipinski definition) is 0. The number of aromatic nitrogens is 1. The van der Waals surface area contributed by atoms with Gasteiger partial charge < -0.3 is 0 Å². The van der Waals surface area contributed by atoms with Crippen LogP contribution in [0.25, 0.3) is 0 Å². The molecule has 1 atom stereocenters. The summed E-state index contributed by atoms with van der Waals surface area (Å²) in [5.41, 5.74) is 1.10. The lowest BCUT2D eigenvalue weighted by molar-refractivity contribution is 0.728. The van der Waals surface area contributed by atoms with Gasteiger partial charge in [0.05, 0.1) is 11.2 Å². The highest BCUT2D eigenvalue weighted by Crippen LogP contribution is 2.19. The number of rotatable bonds is 2. The van der Waals surface area contributed by atoms with Crippen LogP contribution in [0.5, 0.6) is 0 Å². The van der Waals surface area contributed by atoms with Crippen molar-refractivity contribution in [3.63, 3.8) is 0 Å². The fraction of sp³-hybridized carbons (Fsp3) is 0.444. The smallest absolute Gasteiger partial charge is 0.0924 e. The summed E-state index contributed by atoms with van der Waals surface area (Å²) in [5, 5.41) is 0.694. The molecule has 0 aliphatic heterocycles. The first-order chi connectivity index (χ1) is 5.24. The van der Waals surface area contributed by atoms with E-state index in [1.807, 2.05) is 6.07 Å². The van der Waals surface area contributed by atoms with Gasteiger partial charge in [0.2, 0.25) is 0 Å². The quantitative estimate of drug-likeness (QED) is 0.662. The molecule has 0 aliphatic carbocycles. The number of pyridine rings is 1. The Balaban J connectivity index is 2.86. The molecular formula is C9H11ClN. The van der Waals surface area contributed by atoms with Gasteiger partial charge >= 0.3 is 0 Å². The van der Waals surface area contributed by atoms with E-state index in [0.29, 0.717) is 10.9 Å². The second-order valence-corrected chi connectivity index (χ2v) is 3.10. The molecule has 0 aliphatic rings. The average molecular weight is 169 g/mol. The summed E-state index contributed by atoms with van der Waals surface area (Å²) in [5.74, 6) is 0.501. The van der Waals surface area contributed by atoms with Crippen LogP contribution in [0.1, 0.15) is 31.7 Å². The van der Waals surface area contributed by atoms with Crippen molar-refractivity contribution >= 4 is 11.6 Å². The molecule has 1 nitrogen and oxygen atoms in total. The molecular weight excluding hydrogens is 158 g/mol. The maximum atomic E-state index is 5.76. The number of hydrogen-bond acceptors (Lipinski definition) is 1. The van der Waals surface area contributed by atoms with Crippen molar-refractivity contribution in [3.05, 3.63) is 29.0 Å². The summed E-state index contributed by atoms with van der Waals surface area (Å²) in [6.45, 7) is 4.28. The van der Waals surface area contributed by atoms with Crippen LogP contribution in [-0.4, -0.2) is 4.98 Å². The molecule has 59 valence electrons. The summed E-state index contributed by atoms with van der Waals surface area (Å²) in [6, 6.07) is 1.92. The largest absolute Gasteiger partial charge is 0.253 e. The molecule has 0 amide bonds. The first-order valence-electron chi connectivity index (χ1n) is 3.77. The zero-order chi connectivity index (χ0) is 8.27. The summed E-state index contributed by atoms with van der Waals surface area (Å²) < 4.78 is 0. The highest BCUT2D eigenvalue weighted by Gasteiger charge is 2.03. The highest BCUT2D eigenvalue weighted by molar-refractivity contribution is 6.30. The number of halogens is 1. The van der Waals surface area contributed by atoms with Gasteiger partial charge in [-0.1, -0.05) is 25.4 Å². The average Bonchev–Trinajstić information content (AvgIpc) is 2.03. The Kier molecular flexibility index (Phi) is 2.89. The molecule has 0 spiro atoms. The standard InChI is InChI=1S/C9H11ClN/c1-3-7(2)8-4-9(10)6-11-5-8/h4,6-7H,3H2,1-2H3. The third-order valence-corrected chi connectivity index (χ3v) is 2.02. The molecule has 1 unspecified atom stereocenters. The van der Waals surface area contributed by atoms with Crippen molar-refractivity contribution in [1.82, 2.24) is 4.98 Å². The molecule has 11 heavy (non-hydrogen) atoms. The van der Waals surface area contributed by atoms with E-state index in [9.17, 15) is 0 Å². The van der Waals surface area contributed by atoms with E-state index in [4.69, 9.17) is 11.6 Å². The second kappa shape index (κ2) is 3.72. The molecule has 1 aromatic heterocycles. The van der Waals surface area contributed by atoms with Crippen molar-refractivity contribution in [3.8, 4) is 0 Å². The van der Waals surface area contributed by atoms with Gasteiger partial charge in [0.15, 0.2) is 0 Å². The zero-order valence-electron chi connectivity index (χ0n) is 6.76. The minimum atomic E-state index is 0.501. The minimum absolute atomic E-state index is 0.501. The lowest BCUT2D eigenvalue weighted by Gasteiger charge is -2.06. The van der Waals surface area contributed by atoms with E-state index >= 15 is 0 Å². The molecule has 0 aromatic carbocycles. The van der Waals surface area contributed by atoms with Crippen LogP contribution in [0.15, 0.2) is 12.3 Å². The van der Waals surface area contributed by atoms with Crippen molar-refractivity contribution in [2.75, 3.05) is 0 Å². The van der Waals surface area contributed by atoms with Crippen LogP contribution in [-0.2, 0) is 0 Å². The van der Waals surface area contributed by atoms with Crippen LogP contribution in [0.2, 0.25) is 5.02 Å². The summed E-state index contributed by atoms with van der Waals surface area (Å²) in [6.07, 6.45) is 5.63. The molecule has 1 aromatic rings. The van der Waals surface area contributed by atoms with Gasteiger partial charge in [-0.2, -0.15) is 0 Å². The maximum Gasteiger partial charge on any atom is 0.0924 e. The van der Waals surface area contributed by atoms with Gasteiger partial charge in [0, 0.05) is 6.20 Å². The van der Waals surface area contributed by atoms with Crippen molar-refractivity contribution < 1.29 is 0 Å². The molecule has 0 N–H and O–H groups in total. The first-order valence-corrected chi connectivity index (χ1v) is 4.15. The lowest BCUT2D eigenvalue weighted by Crippen LogP contribution is -1.91. The summed E-state index contributed by atoms with van der Waals surface area (Å²) >= 11 is 5.76. The topological polar surface area (TPSA) is 12.9 Å². The predicted octanol–water partition coefficient (Wildman–Crippen LogP) is 3.05. The van der Waals surface area contributed by atoms with E-state index in [1.54, 1.807) is 6.20 Å². The molecule has 1 rings (SSSR count). The van der Waals surface area contributed by atoms with Gasteiger partial charge in [-0.25, -0.2) is 0 Å². The third-order valence-electron chi connectivity index (χ3n) is 1.82. The minimum Gasteiger partial charge on any atom is -0.253 e. The van der Waals surface area contributed by atoms with E-state index in [1.165, 1.54) is 0 Å². The molecule has 0 saturated heterocycles. The van der Waals surface area contributed by atoms with Crippen molar-refractivity contribution in [2.24, 2.45) is 0 Å². The number of nitrogens with zero attached hydrogens (tertiary/aromatic N) is 1. The molecule has 1 heterocycles. The van der Waals surface area contributed by atoms with Gasteiger partial charge in [0.25, 0.3) is 0 Å². The van der Waals surface area contributed by atoms with E-state index in [-0.39, 0.29) is 0 Å². The third kappa shape index (κ3) is 2.19. The Bertz CT molecular complexity index is 235. The second-order valence-electron chi connectivity index (χ2n) is 2.66. The normalized spacial score (nSPS) is 13.0. The first kappa shape index (κ1) is 8.54. The van der Waals surface area contributed by atoms with Crippen molar-refractivity contribution in [2.45, 2.75) is 26.2 Å². The Morgan fingerprint density at radius 2 is 2.45 bits per heavy atom. The summed E-state index contributed by atoms with van der Waals surface area (Å²) in [7, 11) is 0. The fourth-order valence-electron chi connectivity index (χ4n) is 0.859. The van der Waals surface area contributed by atoms with Gasteiger partial charge in [-0.05, 0) is 24.0 Å². The van der Waals surface area contributed by atoms with E-state index < -0.39 is 0 Å². The Hall–Kier alpha value is -0.560. The van der Waals surface area contributed by atoms with Gasteiger partial charge in [-0.15, -0.1) is 0 Å². The molecule has 0 fully saturated rings. The van der Waals surface area contributed by atoms with Crippen LogP contribution in [0, 0.1) is 6.20 Å². The SMILES string of the molecule is CCC(C)c1[c]ncc(Cl)c1. The maximum absolute atomic E-state index is 5.76. The molecule has 0 bridgehead atoms. The van der Waals surface area contributed by atoms with E-state index in [0.717, 1.165) is 12.0 Å². The van der Waals surface area contributed by atoms with E-state index in [2.05, 4.69) is 25.0 Å². The Morgan fingerprint density at radius 1 is 1.73 bits per heavy atom.